The SMILES string of the molecule is CC(C)(C)OC(=O)N/N=C\c1cccc(Cl)c1. The number of halogens is 1. The van der Waals surface area contributed by atoms with E-state index in [-0.39, 0.29) is 0 Å². The topological polar surface area (TPSA) is 50.7 Å². The largest absolute Gasteiger partial charge is 0.443 e. The van der Waals surface area contributed by atoms with Crippen LogP contribution in [0.1, 0.15) is 26.3 Å². The number of nitrogens with one attached hydrogen (secondary N) is 1. The van der Waals surface area contributed by atoms with Crippen LogP contribution in [0.25, 0.3) is 0 Å². The quantitative estimate of drug-likeness (QED) is 0.651. The lowest BCUT2D eigenvalue weighted by Crippen LogP contribution is -2.29. The Bertz CT molecular complexity index is 425. The summed E-state index contributed by atoms with van der Waals surface area (Å²) in [5, 5.41) is 4.38. The molecule has 0 bridgehead atoms. The lowest BCUT2D eigenvalue weighted by molar-refractivity contribution is 0.0529. The van der Waals surface area contributed by atoms with Gasteiger partial charge in [-0.05, 0) is 38.5 Å². The predicted octanol–water partition coefficient (Wildman–Crippen LogP) is 3.20. The molecule has 0 aliphatic heterocycles. The zero-order chi connectivity index (χ0) is 12.9. The minimum atomic E-state index is -0.587. The molecule has 0 unspecified atom stereocenters. The van der Waals surface area contributed by atoms with Crippen molar-refractivity contribution in [3.63, 3.8) is 0 Å². The number of hydrogen-bond donors (Lipinski definition) is 1. The van der Waals surface area contributed by atoms with Crippen molar-refractivity contribution >= 4 is 23.9 Å². The molecule has 0 spiro atoms. The van der Waals surface area contributed by atoms with Gasteiger partial charge in [-0.25, -0.2) is 10.2 Å². The van der Waals surface area contributed by atoms with E-state index in [1.807, 2.05) is 6.07 Å². The van der Waals surface area contributed by atoms with Gasteiger partial charge in [-0.1, -0.05) is 23.7 Å². The lowest BCUT2D eigenvalue weighted by Gasteiger charge is -2.18. The van der Waals surface area contributed by atoms with E-state index in [4.69, 9.17) is 16.3 Å². The molecule has 1 aromatic rings. The Hall–Kier alpha value is -1.55. The van der Waals surface area contributed by atoms with Crippen LogP contribution in [-0.2, 0) is 4.74 Å². The molecular weight excluding hydrogens is 240 g/mol. The summed E-state index contributed by atoms with van der Waals surface area (Å²) in [5.74, 6) is 0. The second-order valence-corrected chi connectivity index (χ2v) is 4.86. The van der Waals surface area contributed by atoms with Crippen molar-refractivity contribution in [1.82, 2.24) is 5.43 Å². The fourth-order valence-electron chi connectivity index (χ4n) is 1.05. The highest BCUT2D eigenvalue weighted by Gasteiger charge is 2.15. The molecule has 0 aliphatic carbocycles. The highest BCUT2D eigenvalue weighted by molar-refractivity contribution is 6.30. The van der Waals surface area contributed by atoms with E-state index in [1.165, 1.54) is 6.21 Å². The first-order chi connectivity index (χ1) is 7.87. The molecule has 1 aromatic carbocycles. The number of amides is 1. The Kier molecular flexibility index (Phi) is 4.52. The smallest absolute Gasteiger partial charge is 0.428 e. The molecule has 0 aromatic heterocycles. The molecule has 0 saturated carbocycles. The van der Waals surface area contributed by atoms with Gasteiger partial charge in [0.25, 0.3) is 0 Å². The van der Waals surface area contributed by atoms with E-state index in [0.717, 1.165) is 5.56 Å². The van der Waals surface area contributed by atoms with E-state index in [1.54, 1.807) is 39.0 Å². The van der Waals surface area contributed by atoms with E-state index in [0.29, 0.717) is 5.02 Å². The monoisotopic (exact) mass is 254 g/mol. The Labute approximate surface area is 106 Å². The molecule has 0 atom stereocenters. The second kappa shape index (κ2) is 5.68. The van der Waals surface area contributed by atoms with Crippen LogP contribution in [0.15, 0.2) is 29.4 Å². The standard InChI is InChI=1S/C12H15ClN2O2/c1-12(2,3)17-11(16)15-14-8-9-5-4-6-10(13)7-9/h4-8H,1-3H3,(H,15,16)/b14-8-. The van der Waals surface area contributed by atoms with E-state index in [9.17, 15) is 4.79 Å². The third-order valence-electron chi connectivity index (χ3n) is 1.62. The molecule has 0 saturated heterocycles. The molecule has 1 rings (SSSR count). The van der Waals surface area contributed by atoms with Crippen molar-refractivity contribution in [3.05, 3.63) is 34.9 Å². The fourth-order valence-corrected chi connectivity index (χ4v) is 1.25. The summed E-state index contributed by atoms with van der Waals surface area (Å²) in [6.07, 6.45) is 0.909. The van der Waals surface area contributed by atoms with Crippen LogP contribution in [0.2, 0.25) is 5.02 Å². The Morgan fingerprint density at radius 2 is 2.18 bits per heavy atom. The number of carbonyl (C=O) groups excluding carboxylic acids is 1. The van der Waals surface area contributed by atoms with Gasteiger partial charge in [0.2, 0.25) is 0 Å². The maximum absolute atomic E-state index is 11.2. The van der Waals surface area contributed by atoms with Gasteiger partial charge < -0.3 is 4.74 Å². The third kappa shape index (κ3) is 5.92. The number of hydrazone groups is 1. The summed E-state index contributed by atoms with van der Waals surface area (Å²) in [6.45, 7) is 5.35. The van der Waals surface area contributed by atoms with E-state index in [2.05, 4.69) is 10.5 Å². The molecule has 0 fully saturated rings. The minimum Gasteiger partial charge on any atom is -0.443 e. The number of hydrogen-bond acceptors (Lipinski definition) is 3. The summed E-state index contributed by atoms with van der Waals surface area (Å²) >= 11 is 5.80. The molecule has 92 valence electrons. The van der Waals surface area contributed by atoms with Crippen molar-refractivity contribution in [1.29, 1.82) is 0 Å². The van der Waals surface area contributed by atoms with Crippen molar-refractivity contribution < 1.29 is 9.53 Å². The van der Waals surface area contributed by atoms with Gasteiger partial charge in [0.05, 0.1) is 6.21 Å². The molecular formula is C12H15ClN2O2. The van der Waals surface area contributed by atoms with Gasteiger partial charge in [0.15, 0.2) is 0 Å². The minimum absolute atomic E-state index is 0.532. The zero-order valence-electron chi connectivity index (χ0n) is 10.0. The number of carbonyl (C=O) groups is 1. The van der Waals surface area contributed by atoms with E-state index < -0.39 is 11.7 Å². The number of rotatable bonds is 2. The summed E-state index contributed by atoms with van der Waals surface area (Å²) in [4.78, 5) is 11.2. The van der Waals surface area contributed by atoms with Crippen LogP contribution in [0.3, 0.4) is 0 Å². The van der Waals surface area contributed by atoms with Gasteiger partial charge in [0, 0.05) is 5.02 Å². The van der Waals surface area contributed by atoms with Gasteiger partial charge >= 0.3 is 6.09 Å². The molecule has 0 radical (unpaired) electrons. The Morgan fingerprint density at radius 1 is 1.47 bits per heavy atom. The van der Waals surface area contributed by atoms with Crippen LogP contribution in [0.5, 0.6) is 0 Å². The number of benzene rings is 1. The maximum Gasteiger partial charge on any atom is 0.428 e. The number of nitrogens with zero attached hydrogens (tertiary/aromatic N) is 1. The first-order valence-electron chi connectivity index (χ1n) is 5.14. The summed E-state index contributed by atoms with van der Waals surface area (Å²) in [7, 11) is 0. The first-order valence-corrected chi connectivity index (χ1v) is 5.52. The highest BCUT2D eigenvalue weighted by Crippen LogP contribution is 2.09. The molecule has 17 heavy (non-hydrogen) atoms. The van der Waals surface area contributed by atoms with Crippen LogP contribution >= 0.6 is 11.6 Å². The van der Waals surface area contributed by atoms with E-state index >= 15 is 0 Å². The van der Waals surface area contributed by atoms with Crippen LogP contribution in [0.4, 0.5) is 4.79 Å². The molecule has 1 amide bonds. The van der Waals surface area contributed by atoms with Gasteiger partial charge in [-0.3, -0.25) is 0 Å². The fraction of sp³-hybridized carbons (Fsp3) is 0.333. The number of ether oxygens (including phenoxy) is 1. The second-order valence-electron chi connectivity index (χ2n) is 4.43. The molecule has 5 heteroatoms. The van der Waals surface area contributed by atoms with Crippen molar-refractivity contribution in [2.45, 2.75) is 26.4 Å². The third-order valence-corrected chi connectivity index (χ3v) is 1.85. The summed E-state index contributed by atoms with van der Waals surface area (Å²) < 4.78 is 5.01. The summed E-state index contributed by atoms with van der Waals surface area (Å²) in [6, 6.07) is 7.13. The molecule has 4 nitrogen and oxygen atoms in total. The lowest BCUT2D eigenvalue weighted by atomic mass is 10.2. The average Bonchev–Trinajstić information content (AvgIpc) is 2.14. The Morgan fingerprint density at radius 3 is 2.76 bits per heavy atom. The van der Waals surface area contributed by atoms with Crippen LogP contribution in [-0.4, -0.2) is 17.9 Å². The highest BCUT2D eigenvalue weighted by atomic mass is 35.5. The average molecular weight is 255 g/mol. The van der Waals surface area contributed by atoms with Gasteiger partial charge in [-0.15, -0.1) is 0 Å². The molecule has 0 aliphatic rings. The zero-order valence-corrected chi connectivity index (χ0v) is 10.8. The van der Waals surface area contributed by atoms with Gasteiger partial charge in [0.1, 0.15) is 5.60 Å². The maximum atomic E-state index is 11.2. The first kappa shape index (κ1) is 13.5. The molecule has 0 heterocycles. The van der Waals surface area contributed by atoms with Crippen molar-refractivity contribution in [2.24, 2.45) is 5.10 Å². The predicted molar refractivity (Wildman–Crippen MR) is 68.4 cm³/mol. The van der Waals surface area contributed by atoms with Crippen molar-refractivity contribution in [3.8, 4) is 0 Å². The normalized spacial score (nSPS) is 11.5. The summed E-state index contributed by atoms with van der Waals surface area (Å²) in [5.41, 5.74) is 2.54. The Balaban J connectivity index is 2.48. The van der Waals surface area contributed by atoms with Gasteiger partial charge in [-0.2, -0.15) is 5.10 Å². The van der Waals surface area contributed by atoms with Crippen LogP contribution in [0, 0.1) is 0 Å². The van der Waals surface area contributed by atoms with Crippen molar-refractivity contribution in [2.75, 3.05) is 0 Å². The molecule has 1 N–H and O–H groups in total. The van der Waals surface area contributed by atoms with Crippen LogP contribution < -0.4 is 5.43 Å².